The summed E-state index contributed by atoms with van der Waals surface area (Å²) in [5, 5.41) is 0. The van der Waals surface area contributed by atoms with Gasteiger partial charge in [-0.25, -0.2) is 4.99 Å². The Kier molecular flexibility index (Phi) is 4.77. The Hall–Kier alpha value is -0.700. The zero-order chi connectivity index (χ0) is 5.54. The molecule has 0 rings (SSSR count). The van der Waals surface area contributed by atoms with E-state index in [-0.39, 0.29) is 0 Å². The summed E-state index contributed by atoms with van der Waals surface area (Å²) in [4.78, 5) is 12.7. The highest BCUT2D eigenvalue weighted by molar-refractivity contribution is 5.69. The lowest BCUT2D eigenvalue weighted by atomic mass is 10.5. The molecule has 0 radical (unpaired) electrons. The minimum atomic E-state index is 0.496. The molecule has 3 heteroatoms. The van der Waals surface area contributed by atoms with Crippen molar-refractivity contribution in [3.05, 3.63) is 0 Å². The number of carbonyl (C=O) groups is 1. The average molecular weight is 100 g/mol. The maximum absolute atomic E-state index is 9.44. The van der Waals surface area contributed by atoms with Crippen LogP contribution in [0.2, 0.25) is 0 Å². The number of nitrogens with zero attached hydrogens (tertiary/aromatic N) is 1. The van der Waals surface area contributed by atoms with Crippen molar-refractivity contribution < 1.29 is 4.79 Å². The Balaban J connectivity index is 2.92. The van der Waals surface area contributed by atoms with Gasteiger partial charge >= 0.3 is 0 Å². The fourth-order valence-corrected chi connectivity index (χ4v) is 0.192. The molecule has 0 atom stereocenters. The van der Waals surface area contributed by atoms with E-state index < -0.39 is 0 Å². The minimum absolute atomic E-state index is 0.496. The Morgan fingerprint density at radius 2 is 2.43 bits per heavy atom. The van der Waals surface area contributed by atoms with Crippen LogP contribution >= 0.6 is 0 Å². The first-order chi connectivity index (χ1) is 3.41. The Bertz CT molecular complexity index is 70.1. The lowest BCUT2D eigenvalue weighted by molar-refractivity contribution is -0.106. The van der Waals surface area contributed by atoms with Crippen LogP contribution in [0.15, 0.2) is 4.99 Å². The van der Waals surface area contributed by atoms with Crippen LogP contribution in [0.25, 0.3) is 0 Å². The predicted octanol–water partition coefficient (Wildman–Crippen LogP) is -0.438. The standard InChI is InChI=1S/C4H8N2O/c5-2-1-3-6-4-7/h3-4H,1-2,5H2. The summed E-state index contributed by atoms with van der Waals surface area (Å²) in [7, 11) is 0. The first kappa shape index (κ1) is 6.30. The molecular weight excluding hydrogens is 92.1 g/mol. The molecule has 0 aromatic rings. The van der Waals surface area contributed by atoms with Gasteiger partial charge < -0.3 is 5.73 Å². The van der Waals surface area contributed by atoms with Gasteiger partial charge in [0.1, 0.15) is 0 Å². The lowest BCUT2D eigenvalue weighted by Crippen LogP contribution is -1.97. The lowest BCUT2D eigenvalue weighted by Gasteiger charge is -1.76. The SMILES string of the molecule is NCCC=NC=O. The highest BCUT2D eigenvalue weighted by Gasteiger charge is 1.68. The number of hydrogen-bond acceptors (Lipinski definition) is 2. The molecule has 3 nitrogen and oxygen atoms in total. The van der Waals surface area contributed by atoms with Gasteiger partial charge in [0, 0.05) is 6.21 Å². The Morgan fingerprint density at radius 1 is 1.71 bits per heavy atom. The van der Waals surface area contributed by atoms with E-state index in [1.54, 1.807) is 0 Å². The summed E-state index contributed by atoms with van der Waals surface area (Å²) in [5.74, 6) is 0. The topological polar surface area (TPSA) is 55.4 Å². The number of nitrogens with two attached hydrogens (primary N) is 1. The molecule has 2 N–H and O–H groups in total. The molecule has 0 spiro atoms. The number of aliphatic imine (C=N–C) groups is 1. The van der Waals surface area contributed by atoms with Crippen LogP contribution in [0.5, 0.6) is 0 Å². The van der Waals surface area contributed by atoms with Gasteiger partial charge in [0.2, 0.25) is 6.41 Å². The molecule has 0 aromatic heterocycles. The minimum Gasteiger partial charge on any atom is -0.330 e. The van der Waals surface area contributed by atoms with Crippen molar-refractivity contribution in [2.24, 2.45) is 10.7 Å². The van der Waals surface area contributed by atoms with Crippen LogP contribution in [0, 0.1) is 0 Å². The molecule has 0 saturated carbocycles. The number of hydrogen-bond donors (Lipinski definition) is 1. The summed E-state index contributed by atoms with van der Waals surface area (Å²) in [6.07, 6.45) is 2.67. The summed E-state index contributed by atoms with van der Waals surface area (Å²) in [6, 6.07) is 0. The van der Waals surface area contributed by atoms with Gasteiger partial charge in [-0.1, -0.05) is 0 Å². The maximum atomic E-state index is 9.44. The van der Waals surface area contributed by atoms with E-state index in [4.69, 9.17) is 5.73 Å². The smallest absolute Gasteiger partial charge is 0.232 e. The molecule has 1 amide bonds. The van der Waals surface area contributed by atoms with Crippen LogP contribution in [-0.4, -0.2) is 19.2 Å². The Labute approximate surface area is 42.2 Å². The van der Waals surface area contributed by atoms with Gasteiger partial charge in [-0.15, -0.1) is 0 Å². The van der Waals surface area contributed by atoms with Crippen molar-refractivity contribution in [2.75, 3.05) is 6.54 Å². The highest BCUT2D eigenvalue weighted by Crippen LogP contribution is 1.62. The van der Waals surface area contributed by atoms with E-state index in [1.807, 2.05) is 0 Å². The summed E-state index contributed by atoms with van der Waals surface area (Å²) in [5.41, 5.74) is 5.06. The number of rotatable bonds is 3. The van der Waals surface area contributed by atoms with Gasteiger partial charge in [0.15, 0.2) is 0 Å². The molecule has 0 bridgehead atoms. The van der Waals surface area contributed by atoms with E-state index >= 15 is 0 Å². The zero-order valence-electron chi connectivity index (χ0n) is 4.00. The third-order valence-electron chi connectivity index (χ3n) is 0.462. The molecule has 0 aliphatic rings. The van der Waals surface area contributed by atoms with Gasteiger partial charge in [-0.3, -0.25) is 4.79 Å². The van der Waals surface area contributed by atoms with E-state index in [1.165, 1.54) is 6.21 Å². The molecule has 0 fully saturated rings. The van der Waals surface area contributed by atoms with E-state index in [9.17, 15) is 4.79 Å². The van der Waals surface area contributed by atoms with Gasteiger partial charge in [0.25, 0.3) is 0 Å². The molecule has 7 heavy (non-hydrogen) atoms. The van der Waals surface area contributed by atoms with Crippen LogP contribution in [-0.2, 0) is 4.79 Å². The second-order valence-corrected chi connectivity index (χ2v) is 1.01. The zero-order valence-corrected chi connectivity index (χ0v) is 4.00. The van der Waals surface area contributed by atoms with E-state index in [0.29, 0.717) is 19.4 Å². The number of carbonyl (C=O) groups excluding carboxylic acids is 1. The van der Waals surface area contributed by atoms with E-state index in [0.717, 1.165) is 0 Å². The summed E-state index contributed by atoms with van der Waals surface area (Å²) >= 11 is 0. The van der Waals surface area contributed by atoms with Crippen molar-refractivity contribution >= 4 is 12.6 Å². The molecule has 40 valence electrons. The van der Waals surface area contributed by atoms with Crippen LogP contribution < -0.4 is 5.73 Å². The Morgan fingerprint density at radius 3 is 2.86 bits per heavy atom. The van der Waals surface area contributed by atoms with Crippen molar-refractivity contribution in [2.45, 2.75) is 6.42 Å². The highest BCUT2D eigenvalue weighted by atomic mass is 16.1. The van der Waals surface area contributed by atoms with Gasteiger partial charge in [-0.2, -0.15) is 0 Å². The van der Waals surface area contributed by atoms with Crippen molar-refractivity contribution in [3.63, 3.8) is 0 Å². The van der Waals surface area contributed by atoms with Crippen molar-refractivity contribution in [3.8, 4) is 0 Å². The fraction of sp³-hybridized carbons (Fsp3) is 0.500. The maximum Gasteiger partial charge on any atom is 0.232 e. The van der Waals surface area contributed by atoms with Crippen LogP contribution in [0.3, 0.4) is 0 Å². The fourth-order valence-electron chi connectivity index (χ4n) is 0.192. The monoisotopic (exact) mass is 100 g/mol. The predicted molar refractivity (Wildman–Crippen MR) is 28.2 cm³/mol. The molecule has 0 aliphatic carbocycles. The van der Waals surface area contributed by atoms with Crippen molar-refractivity contribution in [1.82, 2.24) is 0 Å². The molecular formula is C4H8N2O. The third-order valence-corrected chi connectivity index (χ3v) is 0.462. The first-order valence-electron chi connectivity index (χ1n) is 2.07. The molecule has 0 unspecified atom stereocenters. The largest absolute Gasteiger partial charge is 0.330 e. The summed E-state index contributed by atoms with van der Waals surface area (Å²) < 4.78 is 0. The molecule has 0 heterocycles. The van der Waals surface area contributed by atoms with Gasteiger partial charge in [0.05, 0.1) is 0 Å². The molecule has 0 saturated heterocycles. The second-order valence-electron chi connectivity index (χ2n) is 1.01. The molecule has 0 aromatic carbocycles. The second kappa shape index (κ2) is 5.30. The van der Waals surface area contributed by atoms with Crippen molar-refractivity contribution in [1.29, 1.82) is 0 Å². The normalized spacial score (nSPS) is 9.86. The van der Waals surface area contributed by atoms with Crippen LogP contribution in [0.4, 0.5) is 0 Å². The van der Waals surface area contributed by atoms with Gasteiger partial charge in [-0.05, 0) is 13.0 Å². The average Bonchev–Trinajstić information content (AvgIpc) is 1.69. The third kappa shape index (κ3) is 5.30. The van der Waals surface area contributed by atoms with E-state index in [2.05, 4.69) is 4.99 Å². The quantitative estimate of drug-likeness (QED) is 0.386. The number of amides is 1. The first-order valence-corrected chi connectivity index (χ1v) is 2.07. The molecule has 0 aliphatic heterocycles. The summed E-state index contributed by atoms with van der Waals surface area (Å²) in [6.45, 7) is 0.553. The van der Waals surface area contributed by atoms with Crippen LogP contribution in [0.1, 0.15) is 6.42 Å².